The van der Waals surface area contributed by atoms with Crippen LogP contribution in [0.4, 0.5) is 0 Å². The van der Waals surface area contributed by atoms with Crippen molar-refractivity contribution in [1.29, 1.82) is 0 Å². The van der Waals surface area contributed by atoms with E-state index in [0.717, 1.165) is 12.8 Å². The Morgan fingerprint density at radius 2 is 1.94 bits per heavy atom. The van der Waals surface area contributed by atoms with Gasteiger partial charge in [0.05, 0.1) is 0 Å². The fourth-order valence-corrected chi connectivity index (χ4v) is 1.86. The lowest BCUT2D eigenvalue weighted by molar-refractivity contribution is -0.149. The normalized spacial score (nSPS) is 17.4. The SMILES string of the molecule is CC(C)C(=O)N(CC(=O)O)C1CCOCC1. The average Bonchev–Trinajstić information content (AvgIpc) is 2.26. The fourth-order valence-electron chi connectivity index (χ4n) is 1.86. The standard InChI is InChI=1S/C11H19NO4/c1-8(2)11(15)12(7-10(13)14)9-3-5-16-6-4-9/h8-9H,3-7H2,1-2H3,(H,13,14). The van der Waals surface area contributed by atoms with Crippen LogP contribution in [-0.2, 0) is 14.3 Å². The van der Waals surface area contributed by atoms with Crippen molar-refractivity contribution in [3.8, 4) is 0 Å². The van der Waals surface area contributed by atoms with Crippen LogP contribution >= 0.6 is 0 Å². The van der Waals surface area contributed by atoms with Gasteiger partial charge in [0.25, 0.3) is 0 Å². The van der Waals surface area contributed by atoms with Gasteiger partial charge in [0.15, 0.2) is 0 Å². The van der Waals surface area contributed by atoms with E-state index in [0.29, 0.717) is 13.2 Å². The van der Waals surface area contributed by atoms with Crippen LogP contribution in [0.1, 0.15) is 26.7 Å². The summed E-state index contributed by atoms with van der Waals surface area (Å²) in [7, 11) is 0. The molecule has 0 aromatic carbocycles. The molecule has 0 spiro atoms. The molecular formula is C11H19NO4. The summed E-state index contributed by atoms with van der Waals surface area (Å²) in [6.07, 6.45) is 1.46. The maximum Gasteiger partial charge on any atom is 0.323 e. The Morgan fingerprint density at radius 1 is 1.38 bits per heavy atom. The largest absolute Gasteiger partial charge is 0.480 e. The van der Waals surface area contributed by atoms with Gasteiger partial charge in [-0.2, -0.15) is 0 Å². The van der Waals surface area contributed by atoms with E-state index in [-0.39, 0.29) is 24.4 Å². The molecule has 1 fully saturated rings. The van der Waals surface area contributed by atoms with Crippen molar-refractivity contribution in [2.75, 3.05) is 19.8 Å². The molecule has 1 amide bonds. The van der Waals surface area contributed by atoms with Gasteiger partial charge < -0.3 is 14.7 Å². The van der Waals surface area contributed by atoms with E-state index >= 15 is 0 Å². The Bertz CT molecular complexity index is 259. The minimum atomic E-state index is -0.958. The monoisotopic (exact) mass is 229 g/mol. The molecule has 1 rings (SSSR count). The Balaban J connectivity index is 2.68. The molecule has 1 saturated heterocycles. The van der Waals surface area contributed by atoms with Gasteiger partial charge in [0, 0.05) is 25.2 Å². The fraction of sp³-hybridized carbons (Fsp3) is 0.818. The van der Waals surface area contributed by atoms with Crippen molar-refractivity contribution in [3.05, 3.63) is 0 Å². The lowest BCUT2D eigenvalue weighted by Crippen LogP contribution is -2.47. The van der Waals surface area contributed by atoms with Crippen molar-refractivity contribution < 1.29 is 19.4 Å². The summed E-state index contributed by atoms with van der Waals surface area (Å²) in [5.41, 5.74) is 0. The topological polar surface area (TPSA) is 66.8 Å². The number of carbonyl (C=O) groups is 2. The number of carboxylic acid groups (broad SMARTS) is 1. The minimum absolute atomic E-state index is 0.0137. The number of amides is 1. The van der Waals surface area contributed by atoms with E-state index in [1.807, 2.05) is 0 Å². The summed E-state index contributed by atoms with van der Waals surface area (Å²) >= 11 is 0. The molecule has 0 saturated carbocycles. The number of nitrogens with zero attached hydrogens (tertiary/aromatic N) is 1. The van der Waals surface area contributed by atoms with E-state index in [9.17, 15) is 9.59 Å². The number of carboxylic acids is 1. The molecule has 92 valence electrons. The number of carbonyl (C=O) groups excluding carboxylic acids is 1. The molecule has 1 aliphatic heterocycles. The van der Waals surface area contributed by atoms with Crippen molar-refractivity contribution in [1.82, 2.24) is 4.90 Å². The smallest absolute Gasteiger partial charge is 0.323 e. The van der Waals surface area contributed by atoms with Crippen molar-refractivity contribution in [2.24, 2.45) is 5.92 Å². The summed E-state index contributed by atoms with van der Waals surface area (Å²) in [5, 5.41) is 8.82. The predicted octanol–water partition coefficient (Wildman–Crippen LogP) is 0.735. The molecule has 0 atom stereocenters. The Labute approximate surface area is 95.4 Å². The quantitative estimate of drug-likeness (QED) is 0.772. The highest BCUT2D eigenvalue weighted by atomic mass is 16.5. The van der Waals surface area contributed by atoms with Crippen LogP contribution in [-0.4, -0.2) is 47.7 Å². The maximum atomic E-state index is 11.9. The second-order valence-corrected chi connectivity index (χ2v) is 4.36. The second kappa shape index (κ2) is 5.84. The molecule has 5 nitrogen and oxygen atoms in total. The van der Waals surface area contributed by atoms with Crippen LogP contribution in [0.15, 0.2) is 0 Å². The highest BCUT2D eigenvalue weighted by molar-refractivity contribution is 5.82. The average molecular weight is 229 g/mol. The van der Waals surface area contributed by atoms with Crippen LogP contribution in [0.5, 0.6) is 0 Å². The number of ether oxygens (including phenoxy) is 1. The highest BCUT2D eigenvalue weighted by Gasteiger charge is 2.28. The molecule has 0 bridgehead atoms. The van der Waals surface area contributed by atoms with Gasteiger partial charge in [-0.3, -0.25) is 9.59 Å². The van der Waals surface area contributed by atoms with Gasteiger partial charge in [0.2, 0.25) is 5.91 Å². The predicted molar refractivity (Wildman–Crippen MR) is 58.0 cm³/mol. The molecule has 0 aliphatic carbocycles. The third-order valence-electron chi connectivity index (χ3n) is 2.71. The summed E-state index contributed by atoms with van der Waals surface area (Å²) in [6.45, 7) is 4.58. The summed E-state index contributed by atoms with van der Waals surface area (Å²) < 4.78 is 5.21. The lowest BCUT2D eigenvalue weighted by Gasteiger charge is -2.34. The van der Waals surface area contributed by atoms with Crippen molar-refractivity contribution >= 4 is 11.9 Å². The zero-order chi connectivity index (χ0) is 12.1. The first-order valence-electron chi connectivity index (χ1n) is 5.62. The van der Waals surface area contributed by atoms with E-state index in [2.05, 4.69) is 0 Å². The molecule has 0 aromatic heterocycles. The Kier molecular flexibility index (Phi) is 4.73. The van der Waals surface area contributed by atoms with E-state index in [4.69, 9.17) is 9.84 Å². The molecule has 1 heterocycles. The summed E-state index contributed by atoms with van der Waals surface area (Å²) in [5.74, 6) is -1.21. The summed E-state index contributed by atoms with van der Waals surface area (Å²) in [6, 6.07) is 0.0137. The third kappa shape index (κ3) is 3.48. The zero-order valence-corrected chi connectivity index (χ0v) is 9.81. The number of aliphatic carboxylic acids is 1. The Hall–Kier alpha value is -1.10. The van der Waals surface area contributed by atoms with Crippen LogP contribution in [0.3, 0.4) is 0 Å². The van der Waals surface area contributed by atoms with Gasteiger partial charge in [0.1, 0.15) is 6.54 Å². The van der Waals surface area contributed by atoms with Crippen LogP contribution in [0, 0.1) is 5.92 Å². The minimum Gasteiger partial charge on any atom is -0.480 e. The maximum absolute atomic E-state index is 11.9. The number of rotatable bonds is 4. The van der Waals surface area contributed by atoms with Crippen LogP contribution in [0.25, 0.3) is 0 Å². The van der Waals surface area contributed by atoms with E-state index in [1.165, 1.54) is 4.90 Å². The molecule has 16 heavy (non-hydrogen) atoms. The molecule has 0 radical (unpaired) electrons. The van der Waals surface area contributed by atoms with E-state index < -0.39 is 5.97 Å². The molecule has 1 aliphatic rings. The van der Waals surface area contributed by atoms with Crippen LogP contribution in [0.2, 0.25) is 0 Å². The zero-order valence-electron chi connectivity index (χ0n) is 9.81. The van der Waals surface area contributed by atoms with Gasteiger partial charge >= 0.3 is 5.97 Å². The Morgan fingerprint density at radius 3 is 2.38 bits per heavy atom. The first-order chi connectivity index (χ1) is 7.52. The summed E-state index contributed by atoms with van der Waals surface area (Å²) in [4.78, 5) is 24.1. The van der Waals surface area contributed by atoms with Gasteiger partial charge in [-0.1, -0.05) is 13.8 Å². The first-order valence-corrected chi connectivity index (χ1v) is 5.62. The van der Waals surface area contributed by atoms with Gasteiger partial charge in [-0.25, -0.2) is 0 Å². The first kappa shape index (κ1) is 13.0. The molecule has 1 N–H and O–H groups in total. The third-order valence-corrected chi connectivity index (χ3v) is 2.71. The van der Waals surface area contributed by atoms with Crippen LogP contribution < -0.4 is 0 Å². The molecule has 5 heteroatoms. The van der Waals surface area contributed by atoms with Crippen molar-refractivity contribution in [3.63, 3.8) is 0 Å². The number of hydrogen-bond donors (Lipinski definition) is 1. The highest BCUT2D eigenvalue weighted by Crippen LogP contribution is 2.16. The second-order valence-electron chi connectivity index (χ2n) is 4.36. The lowest BCUT2D eigenvalue weighted by atomic mass is 10.0. The molecular weight excluding hydrogens is 210 g/mol. The molecule has 0 aromatic rings. The van der Waals surface area contributed by atoms with Gasteiger partial charge in [-0.05, 0) is 12.8 Å². The van der Waals surface area contributed by atoms with E-state index in [1.54, 1.807) is 13.8 Å². The van der Waals surface area contributed by atoms with Crippen molar-refractivity contribution in [2.45, 2.75) is 32.7 Å². The van der Waals surface area contributed by atoms with Gasteiger partial charge in [-0.15, -0.1) is 0 Å². The molecule has 0 unspecified atom stereocenters. The number of hydrogen-bond acceptors (Lipinski definition) is 3.